The second-order valence-corrected chi connectivity index (χ2v) is 7.42. The van der Waals surface area contributed by atoms with Gasteiger partial charge in [-0.3, -0.25) is 14.2 Å². The molecule has 6 heteroatoms. The van der Waals surface area contributed by atoms with Crippen LogP contribution in [0.2, 0.25) is 0 Å². The van der Waals surface area contributed by atoms with Crippen molar-refractivity contribution in [2.45, 2.75) is 37.4 Å². The third-order valence-corrected chi connectivity index (χ3v) is 5.40. The molecule has 0 atom stereocenters. The first-order valence-corrected chi connectivity index (χ1v) is 8.73. The molecule has 1 aromatic rings. The van der Waals surface area contributed by atoms with Crippen LogP contribution in [0.15, 0.2) is 16.1 Å². The van der Waals surface area contributed by atoms with Gasteiger partial charge in [-0.1, -0.05) is 11.8 Å². The molecule has 21 heavy (non-hydrogen) atoms. The van der Waals surface area contributed by atoms with Crippen LogP contribution in [0.4, 0.5) is 0 Å². The first kappa shape index (κ1) is 13.4. The van der Waals surface area contributed by atoms with E-state index < -0.39 is 0 Å². The number of carbonyl (C=O) groups excluding carboxylic acids is 1. The van der Waals surface area contributed by atoms with Crippen molar-refractivity contribution in [3.05, 3.63) is 22.1 Å². The Morgan fingerprint density at radius 1 is 1.29 bits per heavy atom. The van der Waals surface area contributed by atoms with E-state index in [0.29, 0.717) is 18.4 Å². The molecule has 2 saturated carbocycles. The summed E-state index contributed by atoms with van der Waals surface area (Å²) in [5, 5.41) is 0.743. The van der Waals surface area contributed by atoms with Crippen LogP contribution in [0.25, 0.3) is 0 Å². The summed E-state index contributed by atoms with van der Waals surface area (Å²) in [6.07, 6.45) is 6.35. The van der Waals surface area contributed by atoms with E-state index in [4.69, 9.17) is 0 Å². The van der Waals surface area contributed by atoms with E-state index in [1.165, 1.54) is 31.9 Å². The molecule has 1 aliphatic heterocycles. The van der Waals surface area contributed by atoms with Crippen molar-refractivity contribution in [3.63, 3.8) is 0 Å². The van der Waals surface area contributed by atoms with Crippen LogP contribution in [0.5, 0.6) is 0 Å². The van der Waals surface area contributed by atoms with Gasteiger partial charge in [-0.05, 0) is 37.5 Å². The maximum atomic E-state index is 12.8. The highest BCUT2D eigenvalue weighted by molar-refractivity contribution is 7.99. The molecule has 0 saturated heterocycles. The fourth-order valence-electron chi connectivity index (χ4n) is 2.80. The zero-order valence-electron chi connectivity index (χ0n) is 12.0. The number of fused-ring (bicyclic) bond motifs is 1. The molecule has 0 aromatic carbocycles. The average molecular weight is 305 g/mol. The summed E-state index contributed by atoms with van der Waals surface area (Å²) in [6.45, 7) is 2.29. The molecule has 2 aliphatic carbocycles. The van der Waals surface area contributed by atoms with Gasteiger partial charge in [0.15, 0.2) is 5.16 Å². The summed E-state index contributed by atoms with van der Waals surface area (Å²) in [7, 11) is 0. The first-order valence-electron chi connectivity index (χ1n) is 7.74. The minimum atomic E-state index is -0.161. The molecule has 2 heterocycles. The molecule has 0 bridgehead atoms. The fourth-order valence-corrected chi connectivity index (χ4v) is 3.71. The SMILES string of the molecule is O=C(c1cnc2n(c1=O)CCS2)N(CC1CC1)CC1CC1. The van der Waals surface area contributed by atoms with Gasteiger partial charge >= 0.3 is 0 Å². The average Bonchev–Trinajstić information content (AvgIpc) is 3.40. The predicted octanol–water partition coefficient (Wildman–Crippen LogP) is 1.61. The molecule has 3 aliphatic rings. The third kappa shape index (κ3) is 2.73. The Morgan fingerprint density at radius 3 is 2.57 bits per heavy atom. The third-order valence-electron chi connectivity index (χ3n) is 4.43. The Bertz CT molecular complexity index is 620. The largest absolute Gasteiger partial charge is 0.338 e. The predicted molar refractivity (Wildman–Crippen MR) is 80.6 cm³/mol. The molecule has 0 unspecified atom stereocenters. The number of hydrogen-bond acceptors (Lipinski definition) is 4. The standard InChI is InChI=1S/C15H19N3O2S/c19-13(17(8-10-1-2-10)9-11-3-4-11)12-7-16-15-18(14(12)20)5-6-21-15/h7,10-11H,1-6,8-9H2. The Balaban J connectivity index is 1.60. The second kappa shape index (κ2) is 5.16. The molecule has 5 nitrogen and oxygen atoms in total. The van der Waals surface area contributed by atoms with Crippen molar-refractivity contribution < 1.29 is 4.79 Å². The van der Waals surface area contributed by atoms with Crippen LogP contribution >= 0.6 is 11.8 Å². The minimum absolute atomic E-state index is 0.112. The molecule has 1 amide bonds. The van der Waals surface area contributed by atoms with Gasteiger partial charge in [-0.2, -0.15) is 0 Å². The van der Waals surface area contributed by atoms with E-state index in [1.54, 1.807) is 16.3 Å². The number of nitrogens with zero attached hydrogens (tertiary/aromatic N) is 3. The van der Waals surface area contributed by atoms with E-state index in [0.717, 1.165) is 24.0 Å². The van der Waals surface area contributed by atoms with Gasteiger partial charge in [0.1, 0.15) is 5.56 Å². The fraction of sp³-hybridized carbons (Fsp3) is 0.667. The van der Waals surface area contributed by atoms with Crippen LogP contribution in [-0.2, 0) is 6.54 Å². The Labute approximate surface area is 127 Å². The summed E-state index contributed by atoms with van der Waals surface area (Å²) >= 11 is 1.58. The zero-order chi connectivity index (χ0) is 14.4. The van der Waals surface area contributed by atoms with E-state index in [9.17, 15) is 9.59 Å². The monoisotopic (exact) mass is 305 g/mol. The molecule has 4 rings (SSSR count). The lowest BCUT2D eigenvalue weighted by Gasteiger charge is -2.22. The smallest absolute Gasteiger partial charge is 0.267 e. The molecular formula is C15H19N3O2S. The second-order valence-electron chi connectivity index (χ2n) is 6.36. The number of aromatic nitrogens is 2. The lowest BCUT2D eigenvalue weighted by molar-refractivity contribution is 0.0736. The highest BCUT2D eigenvalue weighted by atomic mass is 32.2. The van der Waals surface area contributed by atoms with E-state index in [-0.39, 0.29) is 17.0 Å². The first-order chi connectivity index (χ1) is 10.2. The zero-order valence-corrected chi connectivity index (χ0v) is 12.8. The topological polar surface area (TPSA) is 55.2 Å². The van der Waals surface area contributed by atoms with Crippen LogP contribution in [0, 0.1) is 11.8 Å². The van der Waals surface area contributed by atoms with Crippen LogP contribution < -0.4 is 5.56 Å². The summed E-state index contributed by atoms with van der Waals surface area (Å²) in [5.74, 6) is 2.05. The van der Waals surface area contributed by atoms with Crippen molar-refractivity contribution in [1.29, 1.82) is 0 Å². The number of thioether (sulfide) groups is 1. The van der Waals surface area contributed by atoms with E-state index in [1.807, 2.05) is 4.90 Å². The number of rotatable bonds is 5. The van der Waals surface area contributed by atoms with Crippen molar-refractivity contribution in [1.82, 2.24) is 14.5 Å². The summed E-state index contributed by atoms with van der Waals surface area (Å²) in [6, 6.07) is 0. The molecular weight excluding hydrogens is 286 g/mol. The molecule has 0 radical (unpaired) electrons. The normalized spacial score (nSPS) is 20.4. The van der Waals surface area contributed by atoms with Crippen molar-refractivity contribution in [3.8, 4) is 0 Å². The Hall–Kier alpha value is -1.30. The van der Waals surface area contributed by atoms with Gasteiger partial charge in [-0.15, -0.1) is 0 Å². The van der Waals surface area contributed by atoms with Gasteiger partial charge in [-0.25, -0.2) is 4.98 Å². The number of hydrogen-bond donors (Lipinski definition) is 0. The van der Waals surface area contributed by atoms with Crippen molar-refractivity contribution in [2.24, 2.45) is 11.8 Å². The lowest BCUT2D eigenvalue weighted by atomic mass is 10.2. The summed E-state index contributed by atoms with van der Waals surface area (Å²) < 4.78 is 1.64. The number of amides is 1. The van der Waals surface area contributed by atoms with E-state index in [2.05, 4.69) is 4.98 Å². The highest BCUT2D eigenvalue weighted by Gasteiger charge is 2.33. The highest BCUT2D eigenvalue weighted by Crippen LogP contribution is 2.34. The van der Waals surface area contributed by atoms with Gasteiger partial charge in [0.25, 0.3) is 11.5 Å². The lowest BCUT2D eigenvalue weighted by Crippen LogP contribution is -2.39. The Kier molecular flexibility index (Phi) is 3.28. The van der Waals surface area contributed by atoms with E-state index >= 15 is 0 Å². The maximum absolute atomic E-state index is 12.8. The quantitative estimate of drug-likeness (QED) is 0.776. The maximum Gasteiger partial charge on any atom is 0.267 e. The summed E-state index contributed by atoms with van der Waals surface area (Å²) in [5.41, 5.74) is 0.0918. The summed E-state index contributed by atoms with van der Waals surface area (Å²) in [4.78, 5) is 31.4. The molecule has 112 valence electrons. The number of carbonyl (C=O) groups is 1. The molecule has 0 spiro atoms. The Morgan fingerprint density at radius 2 is 1.95 bits per heavy atom. The van der Waals surface area contributed by atoms with Gasteiger partial charge in [0.2, 0.25) is 0 Å². The minimum Gasteiger partial charge on any atom is -0.338 e. The molecule has 1 aromatic heterocycles. The van der Waals surface area contributed by atoms with Gasteiger partial charge in [0, 0.05) is 31.6 Å². The molecule has 0 N–H and O–H groups in total. The van der Waals surface area contributed by atoms with Crippen LogP contribution in [0.1, 0.15) is 36.0 Å². The van der Waals surface area contributed by atoms with Gasteiger partial charge in [0.05, 0.1) is 0 Å². The molecule has 2 fully saturated rings. The van der Waals surface area contributed by atoms with Gasteiger partial charge < -0.3 is 4.90 Å². The van der Waals surface area contributed by atoms with Crippen molar-refractivity contribution >= 4 is 17.7 Å². The van der Waals surface area contributed by atoms with Crippen LogP contribution in [-0.4, -0.2) is 39.2 Å². The van der Waals surface area contributed by atoms with Crippen LogP contribution in [0.3, 0.4) is 0 Å². The van der Waals surface area contributed by atoms with Crippen molar-refractivity contribution in [2.75, 3.05) is 18.8 Å².